The largest absolute Gasteiger partial charge is 0.419 e. The summed E-state index contributed by atoms with van der Waals surface area (Å²) in [4.78, 5) is 13.8. The van der Waals surface area contributed by atoms with Crippen molar-refractivity contribution in [3.05, 3.63) is 41.2 Å². The highest BCUT2D eigenvalue weighted by Gasteiger charge is 2.35. The summed E-state index contributed by atoms with van der Waals surface area (Å²) in [7, 11) is 0. The molecule has 1 fully saturated rings. The van der Waals surface area contributed by atoms with Gasteiger partial charge < -0.3 is 5.32 Å². The topological polar surface area (TPSA) is 56.1 Å². The molecule has 0 unspecified atom stereocenters. The van der Waals surface area contributed by atoms with Gasteiger partial charge >= 0.3 is 6.18 Å². The van der Waals surface area contributed by atoms with E-state index in [1.807, 2.05) is 12.1 Å². The van der Waals surface area contributed by atoms with Crippen molar-refractivity contribution in [2.24, 2.45) is 5.92 Å². The van der Waals surface area contributed by atoms with Crippen LogP contribution in [0, 0.1) is 23.1 Å². The third-order valence-corrected chi connectivity index (χ3v) is 6.25. The highest BCUT2D eigenvalue weighted by Crippen LogP contribution is 2.35. The van der Waals surface area contributed by atoms with E-state index in [9.17, 15) is 22.4 Å². The maximum atomic E-state index is 14.4. The number of amides is 1. The van der Waals surface area contributed by atoms with Gasteiger partial charge in [-0.15, -0.1) is 0 Å². The Labute approximate surface area is 179 Å². The van der Waals surface area contributed by atoms with Crippen LogP contribution >= 0.6 is 0 Å². The van der Waals surface area contributed by atoms with Crippen LogP contribution < -0.4 is 5.32 Å². The smallest absolute Gasteiger partial charge is 0.352 e. The van der Waals surface area contributed by atoms with Gasteiger partial charge in [0.25, 0.3) is 0 Å². The lowest BCUT2D eigenvalue weighted by atomic mass is 9.84. The number of alkyl halides is 3. The number of halogens is 4. The lowest BCUT2D eigenvalue weighted by Crippen LogP contribution is -2.38. The molecule has 0 bridgehead atoms. The number of benzene rings is 1. The quantitative estimate of drug-likeness (QED) is 0.644. The molecule has 1 aliphatic carbocycles. The molecule has 1 saturated carbocycles. The van der Waals surface area contributed by atoms with Gasteiger partial charge in [0.2, 0.25) is 5.91 Å². The number of carbonyl (C=O) groups excluding carboxylic acids is 1. The van der Waals surface area contributed by atoms with Crippen molar-refractivity contribution < 1.29 is 22.4 Å². The third-order valence-electron chi connectivity index (χ3n) is 6.25. The minimum absolute atomic E-state index is 0.0474. The van der Waals surface area contributed by atoms with Crippen molar-refractivity contribution in [2.45, 2.75) is 57.2 Å². The van der Waals surface area contributed by atoms with Crippen LogP contribution in [0.2, 0.25) is 0 Å². The predicted molar refractivity (Wildman–Crippen MR) is 109 cm³/mol. The first kappa shape index (κ1) is 23.3. The van der Waals surface area contributed by atoms with Crippen LogP contribution in [0.5, 0.6) is 0 Å². The molecule has 0 aromatic heterocycles. The van der Waals surface area contributed by atoms with Crippen molar-refractivity contribution in [1.29, 1.82) is 5.26 Å². The predicted octanol–water partition coefficient (Wildman–Crippen LogP) is 4.91. The molecule has 168 valence electrons. The third kappa shape index (κ3) is 6.30. The van der Waals surface area contributed by atoms with Crippen LogP contribution in [0.4, 0.5) is 17.6 Å². The summed E-state index contributed by atoms with van der Waals surface area (Å²) in [6, 6.07) is 5.46. The average Bonchev–Trinajstić information content (AvgIpc) is 2.73. The first-order valence-corrected chi connectivity index (χ1v) is 10.7. The summed E-state index contributed by atoms with van der Waals surface area (Å²) in [6.45, 7) is 2.19. The Bertz CT molecular complexity index is 851. The number of rotatable bonds is 6. The SMILES string of the molecule is N#CCC(=O)N[C@H]1CC[C@H](CCN2CC=C(c3cccc(C(F)(F)F)c3F)CC2)CC1. The van der Waals surface area contributed by atoms with Gasteiger partial charge in [-0.2, -0.15) is 18.4 Å². The second-order valence-corrected chi connectivity index (χ2v) is 8.35. The van der Waals surface area contributed by atoms with E-state index in [4.69, 9.17) is 5.26 Å². The summed E-state index contributed by atoms with van der Waals surface area (Å²) >= 11 is 0. The summed E-state index contributed by atoms with van der Waals surface area (Å²) in [5.74, 6) is -0.817. The Balaban J connectivity index is 1.46. The molecule has 31 heavy (non-hydrogen) atoms. The zero-order valence-electron chi connectivity index (χ0n) is 17.3. The van der Waals surface area contributed by atoms with Crippen molar-refractivity contribution in [3.63, 3.8) is 0 Å². The number of nitriles is 1. The molecule has 0 radical (unpaired) electrons. The summed E-state index contributed by atoms with van der Waals surface area (Å²) < 4.78 is 53.2. The zero-order valence-corrected chi connectivity index (χ0v) is 17.3. The fraction of sp³-hybridized carbons (Fsp3) is 0.565. The molecule has 1 aromatic carbocycles. The van der Waals surface area contributed by atoms with Crippen LogP contribution in [-0.4, -0.2) is 36.5 Å². The normalized spacial score (nSPS) is 22.5. The second-order valence-electron chi connectivity index (χ2n) is 8.35. The molecule has 1 amide bonds. The molecule has 1 heterocycles. The highest BCUT2D eigenvalue weighted by atomic mass is 19.4. The van der Waals surface area contributed by atoms with E-state index in [2.05, 4.69) is 10.2 Å². The van der Waals surface area contributed by atoms with E-state index >= 15 is 0 Å². The van der Waals surface area contributed by atoms with Crippen molar-refractivity contribution in [3.8, 4) is 6.07 Å². The molecule has 4 nitrogen and oxygen atoms in total. The second kappa shape index (κ2) is 10.3. The van der Waals surface area contributed by atoms with Crippen LogP contribution in [0.25, 0.3) is 5.57 Å². The Kier molecular flexibility index (Phi) is 7.71. The van der Waals surface area contributed by atoms with E-state index in [1.165, 1.54) is 12.1 Å². The van der Waals surface area contributed by atoms with Gasteiger partial charge in [-0.1, -0.05) is 18.2 Å². The van der Waals surface area contributed by atoms with Crippen LogP contribution in [-0.2, 0) is 11.0 Å². The van der Waals surface area contributed by atoms with Crippen LogP contribution in [0.1, 0.15) is 56.1 Å². The highest BCUT2D eigenvalue weighted by molar-refractivity contribution is 5.78. The lowest BCUT2D eigenvalue weighted by Gasteiger charge is -2.32. The van der Waals surface area contributed by atoms with Gasteiger partial charge in [-0.25, -0.2) is 4.39 Å². The molecule has 2 aliphatic rings. The van der Waals surface area contributed by atoms with Crippen molar-refractivity contribution in [1.82, 2.24) is 10.2 Å². The number of hydrogen-bond donors (Lipinski definition) is 1. The Hall–Kier alpha value is -2.40. The fourth-order valence-corrected chi connectivity index (χ4v) is 4.47. The molecule has 1 aromatic rings. The van der Waals surface area contributed by atoms with Crippen molar-refractivity contribution >= 4 is 11.5 Å². The number of hydrogen-bond acceptors (Lipinski definition) is 3. The maximum absolute atomic E-state index is 14.4. The Morgan fingerprint density at radius 2 is 1.97 bits per heavy atom. The molecule has 0 atom stereocenters. The summed E-state index contributed by atoms with van der Waals surface area (Å²) in [5.41, 5.74) is -0.535. The Morgan fingerprint density at radius 3 is 2.58 bits per heavy atom. The van der Waals surface area contributed by atoms with E-state index < -0.39 is 17.6 Å². The molecule has 0 spiro atoms. The van der Waals surface area contributed by atoms with Crippen LogP contribution in [0.15, 0.2) is 24.3 Å². The monoisotopic (exact) mass is 437 g/mol. The molecular formula is C23H27F4N3O. The maximum Gasteiger partial charge on any atom is 0.419 e. The summed E-state index contributed by atoms with van der Waals surface area (Å²) in [5, 5.41) is 11.5. The van der Waals surface area contributed by atoms with Gasteiger partial charge in [-0.05, 0) is 62.6 Å². The van der Waals surface area contributed by atoms with Gasteiger partial charge in [0, 0.05) is 24.7 Å². The van der Waals surface area contributed by atoms with E-state index in [0.717, 1.165) is 44.7 Å². The average molecular weight is 437 g/mol. The molecular weight excluding hydrogens is 410 g/mol. The number of nitrogens with zero attached hydrogens (tertiary/aromatic N) is 2. The van der Waals surface area contributed by atoms with E-state index in [0.29, 0.717) is 31.0 Å². The zero-order chi connectivity index (χ0) is 22.4. The van der Waals surface area contributed by atoms with E-state index in [1.54, 1.807) is 0 Å². The summed E-state index contributed by atoms with van der Waals surface area (Å²) in [6.07, 6.45) is 2.48. The van der Waals surface area contributed by atoms with E-state index in [-0.39, 0.29) is 23.9 Å². The molecule has 1 N–H and O–H groups in total. The number of carbonyl (C=O) groups is 1. The first-order chi connectivity index (χ1) is 14.8. The minimum atomic E-state index is -4.70. The lowest BCUT2D eigenvalue weighted by molar-refractivity contribution is -0.140. The molecule has 0 saturated heterocycles. The minimum Gasteiger partial charge on any atom is -0.352 e. The van der Waals surface area contributed by atoms with Crippen LogP contribution in [0.3, 0.4) is 0 Å². The molecule has 1 aliphatic heterocycles. The van der Waals surface area contributed by atoms with Gasteiger partial charge in [-0.3, -0.25) is 9.69 Å². The Morgan fingerprint density at radius 1 is 1.23 bits per heavy atom. The van der Waals surface area contributed by atoms with Crippen molar-refractivity contribution in [2.75, 3.05) is 19.6 Å². The molecule has 3 rings (SSSR count). The van der Waals surface area contributed by atoms with Gasteiger partial charge in [0.1, 0.15) is 12.2 Å². The van der Waals surface area contributed by atoms with Gasteiger partial charge in [0.15, 0.2) is 0 Å². The standard InChI is InChI=1S/C23H27F4N3O/c24-22-19(2-1-3-20(22)23(25,26)27)17-10-14-30(15-11-17)13-9-16-4-6-18(7-5-16)29-21(31)8-12-28/h1-3,10,16,18H,4-9,11,13-15H2,(H,29,31)/t16-,18-. The van der Waals surface area contributed by atoms with Gasteiger partial charge in [0.05, 0.1) is 11.6 Å². The molecule has 8 heteroatoms. The fourth-order valence-electron chi connectivity index (χ4n) is 4.47. The first-order valence-electron chi connectivity index (χ1n) is 10.7. The number of nitrogens with one attached hydrogen (secondary N) is 1.